The standard InChI is InChI=1S/C12H18BNO5S/c1-11(2)12(3,4)19-13(18-11)9-6-8(15)7-10(14-9)20(5,16)17/h6-7H,1-5H3,(H,14,15). The zero-order valence-corrected chi connectivity index (χ0v) is 13.0. The monoisotopic (exact) mass is 299 g/mol. The Morgan fingerprint density at radius 3 is 2.05 bits per heavy atom. The molecule has 8 heteroatoms. The molecule has 2 rings (SSSR count). The number of pyridine rings is 1. The molecule has 0 bridgehead atoms. The largest absolute Gasteiger partial charge is 0.512 e. The van der Waals surface area contributed by atoms with E-state index in [-0.39, 0.29) is 5.03 Å². The van der Waals surface area contributed by atoms with Crippen LogP contribution < -0.4 is 11.0 Å². The van der Waals surface area contributed by atoms with E-state index < -0.39 is 33.6 Å². The van der Waals surface area contributed by atoms with Crippen molar-refractivity contribution in [2.75, 3.05) is 6.26 Å². The fraction of sp³-hybridized carbons (Fsp3) is 0.583. The summed E-state index contributed by atoms with van der Waals surface area (Å²) in [5.41, 5.74) is -1.23. The molecule has 1 aromatic heterocycles. The molecule has 1 aliphatic rings. The van der Waals surface area contributed by atoms with Gasteiger partial charge in [0.1, 0.15) is 5.03 Å². The van der Waals surface area contributed by atoms with Gasteiger partial charge < -0.3 is 14.3 Å². The molecule has 1 N–H and O–H groups in total. The molecule has 0 unspecified atom stereocenters. The van der Waals surface area contributed by atoms with Crippen LogP contribution in [0.3, 0.4) is 0 Å². The average molecular weight is 299 g/mol. The van der Waals surface area contributed by atoms with Crippen molar-refractivity contribution < 1.29 is 17.7 Å². The Morgan fingerprint density at radius 1 is 1.10 bits per heavy atom. The number of nitrogens with one attached hydrogen (secondary N) is 1. The van der Waals surface area contributed by atoms with Crippen LogP contribution >= 0.6 is 0 Å². The van der Waals surface area contributed by atoms with Crippen LogP contribution in [0.25, 0.3) is 0 Å². The lowest BCUT2D eigenvalue weighted by molar-refractivity contribution is 0.00578. The molecule has 1 aromatic rings. The van der Waals surface area contributed by atoms with Gasteiger partial charge in [-0.3, -0.25) is 4.79 Å². The van der Waals surface area contributed by atoms with Crippen molar-refractivity contribution >= 4 is 22.5 Å². The molecule has 0 radical (unpaired) electrons. The Morgan fingerprint density at radius 2 is 1.60 bits per heavy atom. The van der Waals surface area contributed by atoms with E-state index in [9.17, 15) is 13.2 Å². The van der Waals surface area contributed by atoms with Crippen LogP contribution in [0.5, 0.6) is 0 Å². The molecule has 0 atom stereocenters. The zero-order valence-electron chi connectivity index (χ0n) is 12.2. The molecule has 0 aliphatic carbocycles. The molecule has 0 saturated carbocycles. The number of aromatic nitrogens is 1. The van der Waals surface area contributed by atoms with E-state index in [1.165, 1.54) is 6.07 Å². The highest BCUT2D eigenvalue weighted by Gasteiger charge is 2.52. The van der Waals surface area contributed by atoms with Gasteiger partial charge in [0.05, 0.1) is 16.8 Å². The summed E-state index contributed by atoms with van der Waals surface area (Å²) >= 11 is 0. The minimum Gasteiger partial charge on any atom is -0.398 e. The van der Waals surface area contributed by atoms with Gasteiger partial charge in [-0.05, 0) is 27.7 Å². The third-order valence-corrected chi connectivity index (χ3v) is 4.76. The van der Waals surface area contributed by atoms with Crippen LogP contribution in [0.15, 0.2) is 22.0 Å². The predicted octanol–water partition coefficient (Wildman–Crippen LogP) is 0.0776. The van der Waals surface area contributed by atoms with E-state index in [0.717, 1.165) is 12.3 Å². The predicted molar refractivity (Wildman–Crippen MR) is 75.9 cm³/mol. The maximum Gasteiger partial charge on any atom is 0.512 e. The van der Waals surface area contributed by atoms with Crippen molar-refractivity contribution in [3.8, 4) is 0 Å². The normalized spacial score (nSPS) is 21.1. The van der Waals surface area contributed by atoms with E-state index in [1.807, 2.05) is 27.7 Å². The van der Waals surface area contributed by atoms with Crippen LogP contribution in [-0.4, -0.2) is 38.0 Å². The Balaban J connectivity index is 2.46. The minimum atomic E-state index is -3.50. The van der Waals surface area contributed by atoms with Gasteiger partial charge in [-0.25, -0.2) is 8.42 Å². The van der Waals surface area contributed by atoms with Gasteiger partial charge in [0.25, 0.3) is 0 Å². The first-order valence-electron chi connectivity index (χ1n) is 6.22. The molecule has 20 heavy (non-hydrogen) atoms. The summed E-state index contributed by atoms with van der Waals surface area (Å²) < 4.78 is 34.7. The topological polar surface area (TPSA) is 85.5 Å². The molecule has 6 nitrogen and oxygen atoms in total. The Kier molecular flexibility index (Phi) is 3.39. The number of aromatic amines is 1. The quantitative estimate of drug-likeness (QED) is 0.782. The lowest BCUT2D eigenvalue weighted by Crippen LogP contribution is -2.41. The molecule has 2 heterocycles. The van der Waals surface area contributed by atoms with Crippen molar-refractivity contribution in [1.82, 2.24) is 4.98 Å². The van der Waals surface area contributed by atoms with Gasteiger partial charge in [0, 0.05) is 18.4 Å². The second kappa shape index (κ2) is 4.44. The number of hydrogen-bond donors (Lipinski definition) is 1. The number of hydrogen-bond acceptors (Lipinski definition) is 5. The highest BCUT2D eigenvalue weighted by molar-refractivity contribution is 7.90. The second-order valence-corrected chi connectivity index (χ2v) is 7.98. The molecular weight excluding hydrogens is 281 g/mol. The number of rotatable bonds is 2. The first kappa shape index (κ1) is 15.3. The maximum absolute atomic E-state index is 11.6. The van der Waals surface area contributed by atoms with Crippen LogP contribution in [0.4, 0.5) is 0 Å². The van der Waals surface area contributed by atoms with Crippen LogP contribution in [0, 0.1) is 0 Å². The molecule has 0 spiro atoms. The summed E-state index contributed by atoms with van der Waals surface area (Å²) in [5.74, 6) is 0. The van der Waals surface area contributed by atoms with Crippen LogP contribution in [-0.2, 0) is 19.1 Å². The highest BCUT2D eigenvalue weighted by Crippen LogP contribution is 2.36. The molecule has 1 fully saturated rings. The van der Waals surface area contributed by atoms with Crippen molar-refractivity contribution in [2.45, 2.75) is 43.9 Å². The third kappa shape index (κ3) is 2.68. The second-order valence-electron chi connectivity index (χ2n) is 6.00. The third-order valence-electron chi connectivity index (χ3n) is 3.75. The van der Waals surface area contributed by atoms with E-state index in [4.69, 9.17) is 9.31 Å². The Hall–Kier alpha value is -1.12. The summed E-state index contributed by atoms with van der Waals surface area (Å²) in [5, 5.41) is -0.144. The van der Waals surface area contributed by atoms with Gasteiger partial charge in [-0.1, -0.05) is 0 Å². The minimum absolute atomic E-state index is 0.144. The molecule has 0 aromatic carbocycles. The van der Waals surface area contributed by atoms with Gasteiger partial charge in [0.15, 0.2) is 15.3 Å². The SMILES string of the molecule is CC1(C)OB(c2cc(=O)cc(S(C)(=O)=O)[nH]2)OC1(C)C. The first-order valence-corrected chi connectivity index (χ1v) is 8.11. The van der Waals surface area contributed by atoms with Crippen molar-refractivity contribution in [3.63, 3.8) is 0 Å². The lowest BCUT2D eigenvalue weighted by atomic mass is 9.84. The van der Waals surface area contributed by atoms with E-state index >= 15 is 0 Å². The van der Waals surface area contributed by atoms with Crippen molar-refractivity contribution in [1.29, 1.82) is 0 Å². The summed E-state index contributed by atoms with van der Waals surface area (Å²) in [4.78, 5) is 14.3. The zero-order chi connectivity index (χ0) is 15.3. The van der Waals surface area contributed by atoms with Crippen molar-refractivity contribution in [2.24, 2.45) is 0 Å². The van der Waals surface area contributed by atoms with Gasteiger partial charge in [-0.2, -0.15) is 0 Å². The van der Waals surface area contributed by atoms with Gasteiger partial charge in [0.2, 0.25) is 0 Å². The highest BCUT2D eigenvalue weighted by atomic mass is 32.2. The van der Waals surface area contributed by atoms with Gasteiger partial charge in [-0.15, -0.1) is 0 Å². The van der Waals surface area contributed by atoms with Crippen LogP contribution in [0.2, 0.25) is 0 Å². The van der Waals surface area contributed by atoms with E-state index in [1.54, 1.807) is 0 Å². The number of sulfone groups is 1. The molecule has 1 aliphatic heterocycles. The van der Waals surface area contributed by atoms with E-state index in [2.05, 4.69) is 4.98 Å². The molecule has 0 amide bonds. The summed E-state index contributed by atoms with van der Waals surface area (Å²) in [6.07, 6.45) is 1.03. The first-order chi connectivity index (χ1) is 8.92. The summed E-state index contributed by atoms with van der Waals surface area (Å²) in [7, 11) is -4.30. The van der Waals surface area contributed by atoms with E-state index in [0.29, 0.717) is 5.59 Å². The molecule has 1 saturated heterocycles. The fourth-order valence-corrected chi connectivity index (χ4v) is 2.47. The lowest BCUT2D eigenvalue weighted by Gasteiger charge is -2.32. The number of H-pyrrole nitrogens is 1. The van der Waals surface area contributed by atoms with Crippen molar-refractivity contribution in [3.05, 3.63) is 22.4 Å². The summed E-state index contributed by atoms with van der Waals surface area (Å²) in [6, 6.07) is 2.33. The fourth-order valence-electron chi connectivity index (χ4n) is 1.84. The Labute approximate surface area is 118 Å². The maximum atomic E-state index is 11.6. The van der Waals surface area contributed by atoms with Gasteiger partial charge >= 0.3 is 7.12 Å². The molecular formula is C12H18BNO5S. The summed E-state index contributed by atoms with van der Waals surface area (Å²) in [6.45, 7) is 7.52. The average Bonchev–Trinajstić information content (AvgIpc) is 2.46. The Bertz CT molecular complexity index is 676. The van der Waals surface area contributed by atoms with Crippen LogP contribution in [0.1, 0.15) is 27.7 Å². The molecule has 110 valence electrons. The smallest absolute Gasteiger partial charge is 0.398 e.